The first-order chi connectivity index (χ1) is 17.5. The Kier molecular flexibility index (Phi) is 8.85. The van der Waals surface area contributed by atoms with E-state index in [0.717, 1.165) is 37.1 Å². The van der Waals surface area contributed by atoms with Crippen LogP contribution in [-0.4, -0.2) is 37.6 Å². The van der Waals surface area contributed by atoms with Gasteiger partial charge in [-0.3, -0.25) is 19.5 Å². The van der Waals surface area contributed by atoms with E-state index in [1.807, 2.05) is 24.3 Å². The lowest BCUT2D eigenvalue weighted by atomic mass is 9.95. The zero-order chi connectivity index (χ0) is 25.3. The quantitative estimate of drug-likeness (QED) is 0.161. The second kappa shape index (κ2) is 12.5. The molecule has 3 aromatic rings. The minimum Gasteiger partial charge on any atom is -0.299 e. The van der Waals surface area contributed by atoms with Gasteiger partial charge in [0.25, 0.3) is 11.6 Å². The number of amides is 1. The number of carbonyl (C=O) groups is 1. The fourth-order valence-electron chi connectivity index (χ4n) is 4.10. The van der Waals surface area contributed by atoms with Gasteiger partial charge in [-0.2, -0.15) is 5.10 Å². The number of halogens is 1. The van der Waals surface area contributed by atoms with Crippen molar-refractivity contribution in [3.63, 3.8) is 0 Å². The lowest BCUT2D eigenvalue weighted by Crippen LogP contribution is -2.20. The summed E-state index contributed by atoms with van der Waals surface area (Å²) in [7, 11) is 0. The summed E-state index contributed by atoms with van der Waals surface area (Å²) in [5.41, 5.74) is 3.86. The Morgan fingerprint density at radius 1 is 1.17 bits per heavy atom. The Balaban J connectivity index is 1.39. The van der Waals surface area contributed by atoms with Crippen LogP contribution < -0.4 is 5.43 Å². The number of hydrazone groups is 1. The monoisotopic (exact) mass is 524 g/mol. The Hall–Kier alpha value is -3.50. The number of para-hydroxylation sites is 1. The molecule has 36 heavy (non-hydrogen) atoms. The highest BCUT2D eigenvalue weighted by Gasteiger charge is 2.24. The van der Waals surface area contributed by atoms with Crippen molar-refractivity contribution in [3.05, 3.63) is 75.3 Å². The molecule has 11 heteroatoms. The molecule has 0 bridgehead atoms. The first-order valence-electron chi connectivity index (χ1n) is 11.6. The first kappa shape index (κ1) is 25.6. The first-order valence-corrected chi connectivity index (χ1v) is 12.9. The lowest BCUT2D eigenvalue weighted by Gasteiger charge is -2.25. The van der Waals surface area contributed by atoms with Crippen molar-refractivity contribution in [2.75, 3.05) is 5.75 Å². The minimum absolute atomic E-state index is 0.00244. The molecule has 1 amide bonds. The van der Waals surface area contributed by atoms with Crippen molar-refractivity contribution in [2.24, 2.45) is 5.10 Å². The van der Waals surface area contributed by atoms with Gasteiger partial charge in [-0.1, -0.05) is 54.8 Å². The van der Waals surface area contributed by atoms with Gasteiger partial charge < -0.3 is 0 Å². The summed E-state index contributed by atoms with van der Waals surface area (Å²) in [6, 6.07) is 14.2. The highest BCUT2D eigenvalue weighted by atomic mass is 35.5. The smallest absolute Gasteiger partial charge is 0.276 e. The van der Waals surface area contributed by atoms with Crippen molar-refractivity contribution in [3.8, 4) is 11.4 Å². The van der Waals surface area contributed by atoms with E-state index < -0.39 is 4.92 Å². The van der Waals surface area contributed by atoms with Gasteiger partial charge in [-0.25, -0.2) is 5.43 Å². The van der Waals surface area contributed by atoms with Crippen LogP contribution in [0.15, 0.2) is 64.9 Å². The summed E-state index contributed by atoms with van der Waals surface area (Å²) >= 11 is 7.37. The van der Waals surface area contributed by atoms with Crippen molar-refractivity contribution in [1.82, 2.24) is 20.2 Å². The van der Waals surface area contributed by atoms with Crippen LogP contribution in [0.5, 0.6) is 0 Å². The molecule has 0 atom stereocenters. The summed E-state index contributed by atoms with van der Waals surface area (Å²) in [4.78, 5) is 23.0. The third-order valence-electron chi connectivity index (χ3n) is 5.80. The van der Waals surface area contributed by atoms with E-state index in [2.05, 4.69) is 25.3 Å². The number of nitro benzene ring substituents is 1. The standard InChI is InChI=1S/C25H25ClN6O3S/c26-20-14-12-19(13-15-20)24-29-30-25(31(24)21-9-2-1-3-10-21)36-17-23(33)28-27-16-6-8-18-7-4-5-11-22(18)32(34)35/h4-8,11-16,21H,1-3,9-10,17H2,(H,28,33)/b8-6-,27-16-. The number of benzene rings is 2. The molecule has 1 fully saturated rings. The fourth-order valence-corrected chi connectivity index (χ4v) is 5.02. The van der Waals surface area contributed by atoms with Crippen LogP contribution in [0.25, 0.3) is 17.5 Å². The van der Waals surface area contributed by atoms with Crippen LogP contribution in [0.3, 0.4) is 0 Å². The molecular weight excluding hydrogens is 500 g/mol. The fraction of sp³-hybridized carbons (Fsp3) is 0.280. The number of hydrogen-bond acceptors (Lipinski definition) is 7. The van der Waals surface area contributed by atoms with Crippen molar-refractivity contribution >= 4 is 47.2 Å². The molecule has 1 heterocycles. The van der Waals surface area contributed by atoms with Crippen LogP contribution in [0, 0.1) is 10.1 Å². The van der Waals surface area contributed by atoms with E-state index in [9.17, 15) is 14.9 Å². The van der Waals surface area contributed by atoms with Crippen molar-refractivity contribution in [2.45, 2.75) is 43.3 Å². The van der Waals surface area contributed by atoms with Gasteiger partial charge in [0, 0.05) is 28.9 Å². The summed E-state index contributed by atoms with van der Waals surface area (Å²) in [5.74, 6) is 0.609. The largest absolute Gasteiger partial charge is 0.299 e. The topological polar surface area (TPSA) is 115 Å². The summed E-state index contributed by atoms with van der Waals surface area (Å²) in [6.45, 7) is 0. The highest BCUT2D eigenvalue weighted by molar-refractivity contribution is 7.99. The Morgan fingerprint density at radius 2 is 1.92 bits per heavy atom. The number of rotatable bonds is 9. The van der Waals surface area contributed by atoms with E-state index in [1.54, 1.807) is 24.3 Å². The molecule has 1 aromatic heterocycles. The van der Waals surface area contributed by atoms with E-state index in [4.69, 9.17) is 11.6 Å². The maximum Gasteiger partial charge on any atom is 0.276 e. The number of aromatic nitrogens is 3. The van der Waals surface area contributed by atoms with Crippen LogP contribution >= 0.6 is 23.4 Å². The maximum absolute atomic E-state index is 12.4. The number of nitrogens with zero attached hydrogens (tertiary/aromatic N) is 5. The molecule has 0 unspecified atom stereocenters. The Bertz CT molecular complexity index is 1270. The van der Waals surface area contributed by atoms with Gasteiger partial charge in [0.1, 0.15) is 0 Å². The van der Waals surface area contributed by atoms with E-state index in [-0.39, 0.29) is 23.4 Å². The number of hydrogen-bond donors (Lipinski definition) is 1. The van der Waals surface area contributed by atoms with Gasteiger partial charge in [-0.05, 0) is 55.3 Å². The second-order valence-electron chi connectivity index (χ2n) is 8.25. The van der Waals surface area contributed by atoms with Crippen molar-refractivity contribution < 1.29 is 9.72 Å². The number of thioether (sulfide) groups is 1. The third kappa shape index (κ3) is 6.58. The number of nitro groups is 1. The van der Waals surface area contributed by atoms with Crippen LogP contribution in [0.1, 0.15) is 43.7 Å². The molecule has 1 aliphatic rings. The SMILES string of the molecule is O=C(CSc1nnc(-c2ccc(Cl)cc2)n1C1CCCCC1)N/N=C\C=C/c1ccccc1[N+](=O)[O-]. The van der Waals surface area contributed by atoms with Crippen LogP contribution in [-0.2, 0) is 4.79 Å². The average molecular weight is 525 g/mol. The van der Waals surface area contributed by atoms with Gasteiger partial charge >= 0.3 is 0 Å². The Morgan fingerprint density at radius 3 is 2.67 bits per heavy atom. The molecule has 0 aliphatic heterocycles. The van der Waals surface area contributed by atoms with Gasteiger partial charge in [0.2, 0.25) is 0 Å². The molecular formula is C25H25ClN6O3S. The average Bonchev–Trinajstić information content (AvgIpc) is 3.32. The molecule has 0 radical (unpaired) electrons. The normalized spacial score (nSPS) is 14.5. The van der Waals surface area contributed by atoms with E-state index in [0.29, 0.717) is 15.7 Å². The van der Waals surface area contributed by atoms with E-state index >= 15 is 0 Å². The molecule has 9 nitrogen and oxygen atoms in total. The molecule has 186 valence electrons. The van der Waals surface area contributed by atoms with Gasteiger partial charge in [0.15, 0.2) is 11.0 Å². The number of nitrogens with one attached hydrogen (secondary N) is 1. The minimum atomic E-state index is -0.444. The molecule has 1 N–H and O–H groups in total. The summed E-state index contributed by atoms with van der Waals surface area (Å²) in [6.07, 6.45) is 10.1. The summed E-state index contributed by atoms with van der Waals surface area (Å²) in [5, 5.41) is 25.1. The van der Waals surface area contributed by atoms with Crippen LogP contribution in [0.4, 0.5) is 5.69 Å². The van der Waals surface area contributed by atoms with Gasteiger partial charge in [0.05, 0.1) is 16.2 Å². The Labute approximate surface area is 217 Å². The zero-order valence-corrected chi connectivity index (χ0v) is 21.0. The molecule has 0 spiro atoms. The maximum atomic E-state index is 12.4. The molecule has 2 aromatic carbocycles. The van der Waals surface area contributed by atoms with Crippen molar-refractivity contribution in [1.29, 1.82) is 0 Å². The molecule has 0 saturated heterocycles. The van der Waals surface area contributed by atoms with Gasteiger partial charge in [-0.15, -0.1) is 10.2 Å². The van der Waals surface area contributed by atoms with E-state index in [1.165, 1.54) is 36.5 Å². The third-order valence-corrected chi connectivity index (χ3v) is 6.99. The number of allylic oxidation sites excluding steroid dienone is 1. The molecule has 4 rings (SSSR count). The lowest BCUT2D eigenvalue weighted by molar-refractivity contribution is -0.385. The second-order valence-corrected chi connectivity index (χ2v) is 9.63. The highest BCUT2D eigenvalue weighted by Crippen LogP contribution is 2.35. The molecule has 1 saturated carbocycles. The predicted molar refractivity (Wildman–Crippen MR) is 142 cm³/mol. The summed E-state index contributed by atoms with van der Waals surface area (Å²) < 4.78 is 2.15. The zero-order valence-electron chi connectivity index (χ0n) is 19.4. The molecule has 1 aliphatic carbocycles. The predicted octanol–water partition coefficient (Wildman–Crippen LogP) is 5.92. The van der Waals surface area contributed by atoms with Crippen LogP contribution in [0.2, 0.25) is 5.02 Å². The number of carbonyl (C=O) groups excluding carboxylic acids is 1.